The molecule has 0 bridgehead atoms. The van der Waals surface area contributed by atoms with Crippen molar-refractivity contribution in [1.82, 2.24) is 14.9 Å². The van der Waals surface area contributed by atoms with E-state index in [9.17, 15) is 13.6 Å². The number of imidazole rings is 1. The second kappa shape index (κ2) is 9.14. The highest BCUT2D eigenvalue weighted by molar-refractivity contribution is 5.99. The molecule has 1 heterocycles. The third-order valence-corrected chi connectivity index (χ3v) is 5.31. The SMILES string of the molecule is CCn1c(-c2ccccc2)nc(-c2cc(F)cc(F)c2)c1C(=O)NC(C)c1ccccc1. The van der Waals surface area contributed by atoms with Crippen molar-refractivity contribution in [1.29, 1.82) is 0 Å². The summed E-state index contributed by atoms with van der Waals surface area (Å²) in [5.74, 6) is -1.25. The highest BCUT2D eigenvalue weighted by Crippen LogP contribution is 2.31. The Morgan fingerprint density at radius 3 is 2.12 bits per heavy atom. The number of benzene rings is 3. The van der Waals surface area contributed by atoms with Crippen molar-refractivity contribution in [3.8, 4) is 22.6 Å². The molecule has 32 heavy (non-hydrogen) atoms. The van der Waals surface area contributed by atoms with Crippen LogP contribution in [0.3, 0.4) is 0 Å². The molecule has 0 saturated carbocycles. The highest BCUT2D eigenvalue weighted by atomic mass is 19.1. The number of carbonyl (C=O) groups is 1. The molecule has 1 amide bonds. The lowest BCUT2D eigenvalue weighted by Gasteiger charge is -2.16. The summed E-state index contributed by atoms with van der Waals surface area (Å²) >= 11 is 0. The summed E-state index contributed by atoms with van der Waals surface area (Å²) in [6.07, 6.45) is 0. The van der Waals surface area contributed by atoms with Crippen molar-refractivity contribution < 1.29 is 13.6 Å². The van der Waals surface area contributed by atoms with Crippen LogP contribution in [0.5, 0.6) is 0 Å². The normalized spacial score (nSPS) is 11.9. The first kappa shape index (κ1) is 21.4. The Morgan fingerprint density at radius 1 is 0.938 bits per heavy atom. The first-order valence-corrected chi connectivity index (χ1v) is 10.5. The smallest absolute Gasteiger partial charge is 0.270 e. The second-order valence-corrected chi connectivity index (χ2v) is 7.51. The molecule has 1 N–H and O–H groups in total. The minimum atomic E-state index is -0.726. The van der Waals surface area contributed by atoms with Crippen molar-refractivity contribution in [2.75, 3.05) is 0 Å². The summed E-state index contributed by atoms with van der Waals surface area (Å²) in [6.45, 7) is 4.25. The number of hydrogen-bond acceptors (Lipinski definition) is 2. The molecule has 1 aromatic heterocycles. The van der Waals surface area contributed by atoms with Crippen molar-refractivity contribution in [3.63, 3.8) is 0 Å². The van der Waals surface area contributed by atoms with Crippen LogP contribution < -0.4 is 5.32 Å². The van der Waals surface area contributed by atoms with Gasteiger partial charge in [-0.25, -0.2) is 13.8 Å². The molecular weight excluding hydrogens is 408 g/mol. The molecule has 4 nitrogen and oxygen atoms in total. The molecule has 0 aliphatic heterocycles. The predicted octanol–water partition coefficient (Wildman–Crippen LogP) is 6.01. The Kier molecular flexibility index (Phi) is 6.12. The van der Waals surface area contributed by atoms with Gasteiger partial charge in [-0.15, -0.1) is 0 Å². The van der Waals surface area contributed by atoms with Gasteiger partial charge in [-0.1, -0.05) is 60.7 Å². The zero-order valence-electron chi connectivity index (χ0n) is 17.8. The molecule has 0 fully saturated rings. The fourth-order valence-corrected chi connectivity index (χ4v) is 3.78. The van der Waals surface area contributed by atoms with Crippen LogP contribution in [0.15, 0.2) is 78.9 Å². The van der Waals surface area contributed by atoms with Gasteiger partial charge in [-0.05, 0) is 31.5 Å². The van der Waals surface area contributed by atoms with E-state index in [1.807, 2.05) is 74.5 Å². The van der Waals surface area contributed by atoms with E-state index in [-0.39, 0.29) is 28.9 Å². The molecule has 162 valence electrons. The van der Waals surface area contributed by atoms with Gasteiger partial charge in [0.2, 0.25) is 0 Å². The van der Waals surface area contributed by atoms with Gasteiger partial charge in [-0.3, -0.25) is 4.79 Å². The van der Waals surface area contributed by atoms with Crippen LogP contribution >= 0.6 is 0 Å². The van der Waals surface area contributed by atoms with E-state index in [0.717, 1.165) is 17.2 Å². The van der Waals surface area contributed by atoms with Crippen LogP contribution in [-0.2, 0) is 6.54 Å². The lowest BCUT2D eigenvalue weighted by molar-refractivity contribution is 0.0931. The minimum Gasteiger partial charge on any atom is -0.344 e. The molecule has 1 atom stereocenters. The lowest BCUT2D eigenvalue weighted by Crippen LogP contribution is -2.29. The van der Waals surface area contributed by atoms with E-state index in [2.05, 4.69) is 10.3 Å². The molecule has 0 spiro atoms. The van der Waals surface area contributed by atoms with Crippen molar-refractivity contribution in [2.24, 2.45) is 0 Å². The highest BCUT2D eigenvalue weighted by Gasteiger charge is 2.26. The second-order valence-electron chi connectivity index (χ2n) is 7.51. The minimum absolute atomic E-state index is 0.212. The fourth-order valence-electron chi connectivity index (χ4n) is 3.78. The van der Waals surface area contributed by atoms with E-state index in [1.54, 1.807) is 4.57 Å². The maximum absolute atomic E-state index is 14.0. The van der Waals surface area contributed by atoms with E-state index < -0.39 is 11.6 Å². The molecule has 4 aromatic rings. The number of nitrogens with one attached hydrogen (secondary N) is 1. The zero-order valence-corrected chi connectivity index (χ0v) is 17.8. The van der Waals surface area contributed by atoms with Gasteiger partial charge in [0.05, 0.1) is 6.04 Å². The van der Waals surface area contributed by atoms with Gasteiger partial charge in [-0.2, -0.15) is 0 Å². The summed E-state index contributed by atoms with van der Waals surface area (Å²) in [6, 6.07) is 21.9. The number of nitrogens with zero attached hydrogens (tertiary/aromatic N) is 2. The third-order valence-electron chi connectivity index (χ3n) is 5.31. The Hall–Kier alpha value is -3.80. The number of carbonyl (C=O) groups excluding carboxylic acids is 1. The van der Waals surface area contributed by atoms with Crippen molar-refractivity contribution in [2.45, 2.75) is 26.4 Å². The molecule has 3 aromatic carbocycles. The predicted molar refractivity (Wildman–Crippen MR) is 121 cm³/mol. The van der Waals surface area contributed by atoms with E-state index in [1.165, 1.54) is 12.1 Å². The molecule has 0 aliphatic carbocycles. The lowest BCUT2D eigenvalue weighted by atomic mass is 10.1. The van der Waals surface area contributed by atoms with Crippen LogP contribution in [0.1, 0.15) is 35.9 Å². The number of aromatic nitrogens is 2. The van der Waals surface area contributed by atoms with Gasteiger partial charge in [0, 0.05) is 23.7 Å². The average molecular weight is 431 g/mol. The summed E-state index contributed by atoms with van der Waals surface area (Å²) in [5, 5.41) is 3.00. The number of halogens is 2. The summed E-state index contributed by atoms with van der Waals surface area (Å²) < 4.78 is 29.8. The molecule has 0 radical (unpaired) electrons. The Morgan fingerprint density at radius 2 is 1.53 bits per heavy atom. The number of rotatable bonds is 6. The Labute approximate surface area is 185 Å². The molecule has 1 unspecified atom stereocenters. The fraction of sp³-hybridized carbons (Fsp3) is 0.154. The molecule has 4 rings (SSSR count). The quantitative estimate of drug-likeness (QED) is 0.407. The van der Waals surface area contributed by atoms with E-state index in [4.69, 9.17) is 0 Å². The molecular formula is C26H23F2N3O. The topological polar surface area (TPSA) is 46.9 Å². The van der Waals surface area contributed by atoms with Crippen molar-refractivity contribution >= 4 is 5.91 Å². The van der Waals surface area contributed by atoms with E-state index >= 15 is 0 Å². The standard InChI is InChI=1S/C26H23F2N3O/c1-3-31-24(26(32)29-17(2)18-10-6-4-7-11-18)23(20-14-21(27)16-22(28)15-20)30-25(31)19-12-8-5-9-13-19/h4-17H,3H2,1-2H3,(H,29,32). The van der Waals surface area contributed by atoms with Crippen LogP contribution in [0.2, 0.25) is 0 Å². The zero-order chi connectivity index (χ0) is 22.7. The van der Waals surface area contributed by atoms with Crippen LogP contribution in [0.25, 0.3) is 22.6 Å². The van der Waals surface area contributed by atoms with E-state index in [0.29, 0.717) is 12.4 Å². The van der Waals surface area contributed by atoms with Crippen LogP contribution in [0.4, 0.5) is 8.78 Å². The van der Waals surface area contributed by atoms with Crippen LogP contribution in [0, 0.1) is 11.6 Å². The first-order valence-electron chi connectivity index (χ1n) is 10.5. The van der Waals surface area contributed by atoms with Gasteiger partial charge in [0.25, 0.3) is 5.91 Å². The number of hydrogen-bond donors (Lipinski definition) is 1. The van der Waals surface area contributed by atoms with Gasteiger partial charge < -0.3 is 9.88 Å². The Balaban J connectivity index is 1.85. The van der Waals surface area contributed by atoms with Crippen LogP contribution in [-0.4, -0.2) is 15.5 Å². The molecule has 6 heteroatoms. The maximum atomic E-state index is 14.0. The van der Waals surface area contributed by atoms with Gasteiger partial charge in [0.1, 0.15) is 28.8 Å². The monoisotopic (exact) mass is 431 g/mol. The maximum Gasteiger partial charge on any atom is 0.270 e. The third kappa shape index (κ3) is 4.30. The summed E-state index contributed by atoms with van der Waals surface area (Å²) in [4.78, 5) is 18.1. The number of amides is 1. The summed E-state index contributed by atoms with van der Waals surface area (Å²) in [5.41, 5.74) is 2.47. The molecule has 0 saturated heterocycles. The largest absolute Gasteiger partial charge is 0.344 e. The Bertz CT molecular complexity index is 1220. The average Bonchev–Trinajstić information content (AvgIpc) is 3.19. The van der Waals surface area contributed by atoms with Gasteiger partial charge in [0.15, 0.2) is 0 Å². The van der Waals surface area contributed by atoms with Gasteiger partial charge >= 0.3 is 0 Å². The first-order chi connectivity index (χ1) is 15.5. The van der Waals surface area contributed by atoms with Crippen molar-refractivity contribution in [3.05, 3.63) is 102 Å². The molecule has 0 aliphatic rings. The summed E-state index contributed by atoms with van der Waals surface area (Å²) in [7, 11) is 0.